The Kier molecular flexibility index (Phi) is 4.48. The third-order valence-corrected chi connectivity index (χ3v) is 4.24. The van der Waals surface area contributed by atoms with Gasteiger partial charge < -0.3 is 5.11 Å². The predicted octanol–water partition coefficient (Wildman–Crippen LogP) is 3.34. The van der Waals surface area contributed by atoms with Crippen LogP contribution in [0.1, 0.15) is 28.4 Å². The van der Waals surface area contributed by atoms with Gasteiger partial charge in [-0.15, -0.1) is 11.3 Å². The Labute approximate surface area is 92.3 Å². The van der Waals surface area contributed by atoms with Gasteiger partial charge in [-0.3, -0.25) is 0 Å². The van der Waals surface area contributed by atoms with Crippen LogP contribution in [0.4, 0.5) is 0 Å². The number of rotatable bonds is 5. The zero-order valence-electron chi connectivity index (χ0n) is 8.32. The molecule has 2 nitrogen and oxygen atoms in total. The molecule has 0 aromatic carbocycles. The van der Waals surface area contributed by atoms with Crippen LogP contribution in [0.25, 0.3) is 0 Å². The Balaban J connectivity index is 2.40. The van der Waals surface area contributed by atoms with Crippen molar-refractivity contribution in [2.45, 2.75) is 19.6 Å². The summed E-state index contributed by atoms with van der Waals surface area (Å²) in [5.74, 6) is 1.92. The zero-order chi connectivity index (χ0) is 10.6. The molecule has 0 radical (unpaired) electrons. The molecular weight excluding hydrogens is 216 g/mol. The molecule has 0 aliphatic heterocycles. The van der Waals surface area contributed by atoms with Crippen LogP contribution >= 0.6 is 23.1 Å². The van der Waals surface area contributed by atoms with Crippen LogP contribution in [0.5, 0.6) is 0 Å². The number of thioether (sulfide) groups is 1. The van der Waals surface area contributed by atoms with Crippen molar-refractivity contribution in [3.8, 4) is 0 Å². The first-order valence-electron chi connectivity index (χ1n) is 4.49. The minimum absolute atomic E-state index is 0.435. The molecule has 0 saturated carbocycles. The molecule has 0 amide bonds. The van der Waals surface area contributed by atoms with E-state index in [1.807, 2.05) is 17.8 Å². The van der Waals surface area contributed by atoms with Crippen LogP contribution in [0.15, 0.2) is 12.1 Å². The number of hydrogen-bond acceptors (Lipinski definition) is 3. The van der Waals surface area contributed by atoms with E-state index in [9.17, 15) is 4.79 Å². The predicted molar refractivity (Wildman–Crippen MR) is 62.3 cm³/mol. The van der Waals surface area contributed by atoms with Gasteiger partial charge in [-0.05, 0) is 23.8 Å². The Bertz CT molecular complexity index is 305. The highest BCUT2D eigenvalue weighted by Crippen LogP contribution is 2.22. The van der Waals surface area contributed by atoms with Crippen molar-refractivity contribution in [1.82, 2.24) is 0 Å². The average molecular weight is 230 g/mol. The first-order chi connectivity index (χ1) is 6.59. The summed E-state index contributed by atoms with van der Waals surface area (Å²) in [5.41, 5.74) is 0. The molecular formula is C10H14O2S2. The van der Waals surface area contributed by atoms with E-state index in [1.165, 1.54) is 11.3 Å². The number of thiophene rings is 1. The molecule has 0 spiro atoms. The second-order valence-electron chi connectivity index (χ2n) is 3.48. The van der Waals surface area contributed by atoms with Gasteiger partial charge in [0.05, 0.1) is 0 Å². The largest absolute Gasteiger partial charge is 0.477 e. The Hall–Kier alpha value is -0.480. The fourth-order valence-corrected chi connectivity index (χ4v) is 2.98. The number of aromatic carboxylic acids is 1. The van der Waals surface area contributed by atoms with E-state index in [4.69, 9.17) is 5.11 Å². The molecule has 0 aliphatic carbocycles. The summed E-state index contributed by atoms with van der Waals surface area (Å²) < 4.78 is 0. The third-order valence-electron chi connectivity index (χ3n) is 1.57. The van der Waals surface area contributed by atoms with Crippen molar-refractivity contribution in [1.29, 1.82) is 0 Å². The molecule has 0 atom stereocenters. The quantitative estimate of drug-likeness (QED) is 0.843. The van der Waals surface area contributed by atoms with Gasteiger partial charge in [0.2, 0.25) is 0 Å². The molecule has 1 aromatic rings. The van der Waals surface area contributed by atoms with E-state index in [2.05, 4.69) is 13.8 Å². The number of carbonyl (C=O) groups is 1. The lowest BCUT2D eigenvalue weighted by molar-refractivity contribution is 0.0702. The second kappa shape index (κ2) is 5.41. The Morgan fingerprint density at radius 1 is 1.57 bits per heavy atom. The molecule has 78 valence electrons. The van der Waals surface area contributed by atoms with E-state index in [1.54, 1.807) is 6.07 Å². The van der Waals surface area contributed by atoms with Gasteiger partial charge in [0.15, 0.2) is 0 Å². The smallest absolute Gasteiger partial charge is 0.345 e. The van der Waals surface area contributed by atoms with Crippen LogP contribution < -0.4 is 0 Å². The van der Waals surface area contributed by atoms with Crippen molar-refractivity contribution < 1.29 is 9.90 Å². The number of carboxylic acid groups (broad SMARTS) is 1. The van der Waals surface area contributed by atoms with E-state index >= 15 is 0 Å². The first-order valence-corrected chi connectivity index (χ1v) is 6.46. The third kappa shape index (κ3) is 3.72. The summed E-state index contributed by atoms with van der Waals surface area (Å²) in [6.07, 6.45) is 0. The SMILES string of the molecule is CC(C)CSCc1ccc(C(=O)O)s1. The van der Waals surface area contributed by atoms with E-state index in [0.717, 1.165) is 16.4 Å². The van der Waals surface area contributed by atoms with Gasteiger partial charge in [-0.25, -0.2) is 4.79 Å². The molecule has 1 N–H and O–H groups in total. The highest BCUT2D eigenvalue weighted by Gasteiger charge is 2.06. The summed E-state index contributed by atoms with van der Waals surface area (Å²) >= 11 is 3.23. The lowest BCUT2D eigenvalue weighted by Crippen LogP contribution is -1.90. The second-order valence-corrected chi connectivity index (χ2v) is 5.68. The summed E-state index contributed by atoms with van der Waals surface area (Å²) in [6.45, 7) is 4.37. The lowest BCUT2D eigenvalue weighted by atomic mass is 10.3. The molecule has 1 heterocycles. The average Bonchev–Trinajstić information content (AvgIpc) is 2.52. The van der Waals surface area contributed by atoms with Crippen LogP contribution in [0.3, 0.4) is 0 Å². The zero-order valence-corrected chi connectivity index (χ0v) is 9.95. The maximum atomic E-state index is 10.6. The van der Waals surface area contributed by atoms with E-state index in [0.29, 0.717) is 10.8 Å². The number of carboxylic acids is 1. The Morgan fingerprint density at radius 2 is 2.29 bits per heavy atom. The van der Waals surface area contributed by atoms with Crippen LogP contribution in [0.2, 0.25) is 0 Å². The lowest BCUT2D eigenvalue weighted by Gasteiger charge is -2.01. The van der Waals surface area contributed by atoms with Crippen LogP contribution in [-0.2, 0) is 5.75 Å². The summed E-state index contributed by atoms with van der Waals surface area (Å²) in [6, 6.07) is 3.58. The maximum Gasteiger partial charge on any atom is 0.345 e. The molecule has 14 heavy (non-hydrogen) atoms. The van der Waals surface area contributed by atoms with Crippen molar-refractivity contribution in [3.63, 3.8) is 0 Å². The molecule has 0 aliphatic rings. The highest BCUT2D eigenvalue weighted by atomic mass is 32.2. The minimum atomic E-state index is -0.824. The van der Waals surface area contributed by atoms with E-state index in [-0.39, 0.29) is 0 Å². The maximum absolute atomic E-state index is 10.6. The fraction of sp³-hybridized carbons (Fsp3) is 0.500. The standard InChI is InChI=1S/C10H14O2S2/c1-7(2)5-13-6-8-3-4-9(14-8)10(11)12/h3-4,7H,5-6H2,1-2H3,(H,11,12). The van der Waals surface area contributed by atoms with Gasteiger partial charge in [-0.1, -0.05) is 13.8 Å². The van der Waals surface area contributed by atoms with Crippen molar-refractivity contribution in [2.24, 2.45) is 5.92 Å². The molecule has 0 unspecified atom stereocenters. The van der Waals surface area contributed by atoms with Crippen molar-refractivity contribution in [2.75, 3.05) is 5.75 Å². The van der Waals surface area contributed by atoms with Crippen molar-refractivity contribution >= 4 is 29.1 Å². The molecule has 1 aromatic heterocycles. The normalized spacial score (nSPS) is 10.8. The summed E-state index contributed by atoms with van der Waals surface area (Å²) in [5, 5.41) is 8.72. The number of hydrogen-bond donors (Lipinski definition) is 1. The fourth-order valence-electron chi connectivity index (χ4n) is 0.966. The van der Waals surface area contributed by atoms with Gasteiger partial charge >= 0.3 is 5.97 Å². The molecule has 1 rings (SSSR count). The molecule has 0 bridgehead atoms. The topological polar surface area (TPSA) is 37.3 Å². The Morgan fingerprint density at radius 3 is 2.79 bits per heavy atom. The van der Waals surface area contributed by atoms with Gasteiger partial charge in [0.25, 0.3) is 0 Å². The summed E-state index contributed by atoms with van der Waals surface area (Å²) in [4.78, 5) is 12.2. The molecule has 4 heteroatoms. The first kappa shape index (κ1) is 11.6. The monoisotopic (exact) mass is 230 g/mol. The highest BCUT2D eigenvalue weighted by molar-refractivity contribution is 7.98. The summed E-state index contributed by atoms with van der Waals surface area (Å²) in [7, 11) is 0. The molecule has 0 saturated heterocycles. The van der Waals surface area contributed by atoms with Crippen molar-refractivity contribution in [3.05, 3.63) is 21.9 Å². The van der Waals surface area contributed by atoms with E-state index < -0.39 is 5.97 Å². The van der Waals surface area contributed by atoms with Crippen LogP contribution in [0, 0.1) is 5.92 Å². The molecule has 0 fully saturated rings. The van der Waals surface area contributed by atoms with Gasteiger partial charge in [0, 0.05) is 10.6 Å². The van der Waals surface area contributed by atoms with Crippen LogP contribution in [-0.4, -0.2) is 16.8 Å². The van der Waals surface area contributed by atoms with Gasteiger partial charge in [0.1, 0.15) is 4.88 Å². The minimum Gasteiger partial charge on any atom is -0.477 e. The van der Waals surface area contributed by atoms with Gasteiger partial charge in [-0.2, -0.15) is 11.8 Å².